The summed E-state index contributed by atoms with van der Waals surface area (Å²) in [6.07, 6.45) is 1.59. The van der Waals surface area contributed by atoms with Gasteiger partial charge in [0, 0.05) is 24.1 Å². The molecule has 0 aliphatic carbocycles. The summed E-state index contributed by atoms with van der Waals surface area (Å²) < 4.78 is 11.4. The average molecular weight is 390 g/mol. The molecule has 0 aromatic heterocycles. The number of rotatable bonds is 4. The summed E-state index contributed by atoms with van der Waals surface area (Å²) in [5, 5.41) is 4.00. The maximum absolute atomic E-state index is 12.1. The van der Waals surface area contributed by atoms with Gasteiger partial charge in [-0.3, -0.25) is 4.79 Å². The minimum Gasteiger partial charge on any atom is -0.454 e. The average Bonchev–Trinajstić information content (AvgIpc) is 3.02. The number of ether oxygens (including phenoxy) is 2. The van der Waals surface area contributed by atoms with Crippen molar-refractivity contribution in [3.05, 3.63) is 52.0 Å². The van der Waals surface area contributed by atoms with Crippen LogP contribution in [0.1, 0.15) is 15.9 Å². The molecule has 3 rings (SSSR count). The second-order valence-corrected chi connectivity index (χ2v) is 6.23. The van der Waals surface area contributed by atoms with Crippen molar-refractivity contribution < 1.29 is 14.3 Å². The van der Waals surface area contributed by atoms with Crippen molar-refractivity contribution in [2.45, 2.75) is 0 Å². The topological polar surface area (TPSA) is 63.2 Å². The summed E-state index contributed by atoms with van der Waals surface area (Å²) in [5.74, 6) is 0.893. The van der Waals surface area contributed by atoms with Gasteiger partial charge < -0.3 is 14.4 Å². The number of hydrogen-bond donors (Lipinski definition) is 1. The number of hydrazone groups is 1. The van der Waals surface area contributed by atoms with Gasteiger partial charge in [-0.2, -0.15) is 5.10 Å². The van der Waals surface area contributed by atoms with Crippen LogP contribution in [0.2, 0.25) is 0 Å². The Morgan fingerprint density at radius 1 is 1.21 bits per heavy atom. The van der Waals surface area contributed by atoms with Crippen LogP contribution in [0.5, 0.6) is 11.5 Å². The first kappa shape index (κ1) is 16.3. The van der Waals surface area contributed by atoms with Crippen molar-refractivity contribution in [1.82, 2.24) is 5.43 Å². The molecule has 1 heterocycles. The van der Waals surface area contributed by atoms with Crippen molar-refractivity contribution in [3.8, 4) is 11.5 Å². The van der Waals surface area contributed by atoms with Gasteiger partial charge in [-0.1, -0.05) is 6.07 Å². The third-order valence-corrected chi connectivity index (χ3v) is 4.10. The predicted molar refractivity (Wildman–Crippen MR) is 96.1 cm³/mol. The molecule has 1 N–H and O–H groups in total. The zero-order valence-electron chi connectivity index (χ0n) is 13.2. The molecule has 0 saturated carbocycles. The van der Waals surface area contributed by atoms with E-state index in [0.717, 1.165) is 15.7 Å². The molecule has 0 bridgehead atoms. The highest BCUT2D eigenvalue weighted by atomic mass is 79.9. The van der Waals surface area contributed by atoms with Crippen LogP contribution in [-0.2, 0) is 0 Å². The van der Waals surface area contributed by atoms with E-state index in [1.807, 2.05) is 37.2 Å². The lowest BCUT2D eigenvalue weighted by atomic mass is 10.2. The fraction of sp³-hybridized carbons (Fsp3) is 0.176. The summed E-state index contributed by atoms with van der Waals surface area (Å²) >= 11 is 3.52. The van der Waals surface area contributed by atoms with Crippen LogP contribution < -0.4 is 19.8 Å². The first-order chi connectivity index (χ1) is 11.5. The molecule has 6 nitrogen and oxygen atoms in total. The number of nitrogens with one attached hydrogen (secondary N) is 1. The molecular weight excluding hydrogens is 374 g/mol. The molecule has 1 amide bonds. The van der Waals surface area contributed by atoms with Crippen LogP contribution in [0, 0.1) is 0 Å². The number of benzene rings is 2. The zero-order valence-corrected chi connectivity index (χ0v) is 14.8. The molecule has 2 aromatic carbocycles. The lowest BCUT2D eigenvalue weighted by Crippen LogP contribution is -2.17. The highest BCUT2D eigenvalue weighted by Gasteiger charge is 2.15. The van der Waals surface area contributed by atoms with E-state index >= 15 is 0 Å². The standard InChI is InChI=1S/C17H16BrN3O3/c1-21(2)14-5-3-11(7-13(14)18)9-19-20-17(22)12-4-6-15-16(8-12)24-10-23-15/h3-9H,10H2,1-2H3,(H,20,22)/b19-9-. The second kappa shape index (κ2) is 6.92. The zero-order chi connectivity index (χ0) is 17.1. The summed E-state index contributed by atoms with van der Waals surface area (Å²) in [7, 11) is 3.94. The van der Waals surface area contributed by atoms with Crippen LogP contribution >= 0.6 is 15.9 Å². The lowest BCUT2D eigenvalue weighted by molar-refractivity contribution is 0.0954. The minimum absolute atomic E-state index is 0.177. The Labute approximate surface area is 148 Å². The normalized spacial score (nSPS) is 12.5. The third kappa shape index (κ3) is 3.51. The number of carbonyl (C=O) groups excluding carboxylic acids is 1. The summed E-state index contributed by atoms with van der Waals surface area (Å²) in [4.78, 5) is 14.1. The van der Waals surface area contributed by atoms with Crippen molar-refractivity contribution in [1.29, 1.82) is 0 Å². The molecule has 1 aliphatic rings. The molecular formula is C17H16BrN3O3. The molecule has 0 radical (unpaired) electrons. The molecule has 2 aromatic rings. The van der Waals surface area contributed by atoms with Gasteiger partial charge in [0.1, 0.15) is 0 Å². The predicted octanol–water partition coefficient (Wildman–Crippen LogP) is 3.01. The number of fused-ring (bicyclic) bond motifs is 1. The molecule has 7 heteroatoms. The fourth-order valence-corrected chi connectivity index (χ4v) is 2.99. The molecule has 0 unspecified atom stereocenters. The van der Waals surface area contributed by atoms with Crippen LogP contribution in [0.15, 0.2) is 46.0 Å². The van der Waals surface area contributed by atoms with Gasteiger partial charge in [-0.15, -0.1) is 0 Å². The Kier molecular flexibility index (Phi) is 4.71. The Bertz CT molecular complexity index is 806. The van der Waals surface area contributed by atoms with Crippen LogP contribution in [0.4, 0.5) is 5.69 Å². The Balaban J connectivity index is 1.65. The van der Waals surface area contributed by atoms with Crippen LogP contribution in [0.3, 0.4) is 0 Å². The number of hydrogen-bond acceptors (Lipinski definition) is 5. The monoisotopic (exact) mass is 389 g/mol. The van der Waals surface area contributed by atoms with Crippen LogP contribution in [0.25, 0.3) is 0 Å². The van der Waals surface area contributed by atoms with Gasteiger partial charge in [-0.05, 0) is 51.8 Å². The Morgan fingerprint density at radius 3 is 2.75 bits per heavy atom. The molecule has 0 saturated heterocycles. The van der Waals surface area contributed by atoms with E-state index in [0.29, 0.717) is 17.1 Å². The first-order valence-electron chi connectivity index (χ1n) is 7.24. The van der Waals surface area contributed by atoms with Crippen molar-refractivity contribution in [3.63, 3.8) is 0 Å². The molecule has 1 aliphatic heterocycles. The van der Waals surface area contributed by atoms with Gasteiger partial charge in [-0.25, -0.2) is 5.43 Å². The quantitative estimate of drug-likeness (QED) is 0.644. The molecule has 124 valence electrons. The smallest absolute Gasteiger partial charge is 0.271 e. The molecule has 0 fully saturated rings. The second-order valence-electron chi connectivity index (χ2n) is 5.37. The van der Waals surface area contributed by atoms with E-state index in [-0.39, 0.29) is 12.7 Å². The van der Waals surface area contributed by atoms with E-state index in [1.165, 1.54) is 0 Å². The highest BCUT2D eigenvalue weighted by molar-refractivity contribution is 9.10. The SMILES string of the molecule is CN(C)c1ccc(/C=N\NC(=O)c2ccc3c(c2)OCO3)cc1Br. The van der Waals surface area contributed by atoms with Crippen molar-refractivity contribution in [2.75, 3.05) is 25.8 Å². The minimum atomic E-state index is -0.312. The van der Waals surface area contributed by atoms with Crippen molar-refractivity contribution in [2.24, 2.45) is 5.10 Å². The highest BCUT2D eigenvalue weighted by Crippen LogP contribution is 2.32. The third-order valence-electron chi connectivity index (χ3n) is 3.47. The fourth-order valence-electron chi connectivity index (χ4n) is 2.23. The van der Waals surface area contributed by atoms with Crippen molar-refractivity contribution >= 4 is 33.7 Å². The van der Waals surface area contributed by atoms with E-state index in [9.17, 15) is 4.79 Å². The number of carbonyl (C=O) groups is 1. The Hall–Kier alpha value is -2.54. The van der Waals surface area contributed by atoms with Gasteiger partial charge in [0.25, 0.3) is 5.91 Å². The molecule has 24 heavy (non-hydrogen) atoms. The molecule has 0 spiro atoms. The van der Waals surface area contributed by atoms with E-state index in [4.69, 9.17) is 9.47 Å². The van der Waals surface area contributed by atoms with Gasteiger partial charge in [0.2, 0.25) is 6.79 Å². The maximum atomic E-state index is 12.1. The summed E-state index contributed by atoms with van der Waals surface area (Å²) in [6, 6.07) is 10.8. The van der Waals surface area contributed by atoms with E-state index in [1.54, 1.807) is 24.4 Å². The van der Waals surface area contributed by atoms with Gasteiger partial charge >= 0.3 is 0 Å². The van der Waals surface area contributed by atoms with Gasteiger partial charge in [0.05, 0.1) is 11.9 Å². The van der Waals surface area contributed by atoms with Gasteiger partial charge in [0.15, 0.2) is 11.5 Å². The number of halogens is 1. The van der Waals surface area contributed by atoms with Crippen LogP contribution in [-0.4, -0.2) is 33.0 Å². The summed E-state index contributed by atoms with van der Waals surface area (Å²) in [5.41, 5.74) is 4.90. The van der Waals surface area contributed by atoms with E-state index < -0.39 is 0 Å². The number of amides is 1. The summed E-state index contributed by atoms with van der Waals surface area (Å²) in [6.45, 7) is 0.177. The number of anilines is 1. The maximum Gasteiger partial charge on any atom is 0.271 e. The lowest BCUT2D eigenvalue weighted by Gasteiger charge is -2.14. The molecule has 0 atom stereocenters. The Morgan fingerprint density at radius 2 is 2.00 bits per heavy atom. The number of nitrogens with zero attached hydrogens (tertiary/aromatic N) is 2. The van der Waals surface area contributed by atoms with E-state index in [2.05, 4.69) is 26.5 Å². The largest absolute Gasteiger partial charge is 0.454 e. The first-order valence-corrected chi connectivity index (χ1v) is 8.04.